The van der Waals surface area contributed by atoms with Crippen LogP contribution >= 0.6 is 0 Å². The van der Waals surface area contributed by atoms with Gasteiger partial charge in [-0.05, 0) is 112 Å². The van der Waals surface area contributed by atoms with Crippen LogP contribution in [0.2, 0.25) is 0 Å². The lowest BCUT2D eigenvalue weighted by molar-refractivity contribution is 0.188. The fourth-order valence-electron chi connectivity index (χ4n) is 9.17. The Labute approximate surface area is 358 Å². The Bertz CT molecular complexity index is 2920. The molecule has 14 heteroatoms. The normalized spacial score (nSPS) is 16.1. The molecule has 4 heterocycles. The molecular formula is C48H51F4N9O. The number of benzene rings is 4. The molecule has 10 nitrogen and oxygen atoms in total. The standard InChI is InChI=1S/C48H51F4N9O/c1-10-40(53)60-39(47(5,6)56-35-22-33(51)42(25(3)44(35)60)31-18-27(49)20-37-29(31)12-14-58(37)16-17-62-9)24-59-15-13-30-32(19-28(50)21-38(30)59)43-26(4)45-36(23-34(43)52)57-48(7,8)46(55)61(45)41(54)11-2/h12-15,18-24,53-57H,10-11,16-17H2,1-9H3/b39-24+,53-40?,54-41?,55-46?. The van der Waals surface area contributed by atoms with Gasteiger partial charge in [0, 0.05) is 67.0 Å². The van der Waals surface area contributed by atoms with Crippen molar-refractivity contribution in [3.05, 3.63) is 101 Å². The Morgan fingerprint density at radius 2 is 1.21 bits per heavy atom. The molecule has 0 fully saturated rings. The van der Waals surface area contributed by atoms with Crippen molar-refractivity contribution in [1.29, 1.82) is 16.2 Å². The summed E-state index contributed by atoms with van der Waals surface area (Å²) in [6.45, 7) is 15.5. The van der Waals surface area contributed by atoms with Gasteiger partial charge in [-0.1, -0.05) is 13.8 Å². The zero-order valence-corrected chi connectivity index (χ0v) is 36.4. The van der Waals surface area contributed by atoms with E-state index in [0.717, 1.165) is 0 Å². The average Bonchev–Trinajstić information content (AvgIpc) is 3.80. The zero-order valence-electron chi connectivity index (χ0n) is 36.4. The smallest absolute Gasteiger partial charge is 0.133 e. The van der Waals surface area contributed by atoms with E-state index in [-0.39, 0.29) is 28.6 Å². The highest BCUT2D eigenvalue weighted by atomic mass is 19.1. The number of ether oxygens (including phenoxy) is 1. The summed E-state index contributed by atoms with van der Waals surface area (Å²) in [5.41, 5.74) is 3.66. The molecule has 0 spiro atoms. The zero-order chi connectivity index (χ0) is 44.7. The molecule has 0 unspecified atom stereocenters. The number of methoxy groups -OCH3 is 1. The molecule has 0 atom stereocenters. The van der Waals surface area contributed by atoms with Crippen molar-refractivity contribution in [2.75, 3.05) is 34.2 Å². The third-order valence-electron chi connectivity index (χ3n) is 12.2. The molecule has 0 aliphatic carbocycles. The number of aromatic nitrogens is 2. The molecule has 0 saturated heterocycles. The van der Waals surface area contributed by atoms with Crippen molar-refractivity contribution in [1.82, 2.24) is 9.13 Å². The van der Waals surface area contributed by atoms with Gasteiger partial charge in [-0.25, -0.2) is 17.6 Å². The molecule has 0 bridgehead atoms. The molecule has 322 valence electrons. The van der Waals surface area contributed by atoms with Crippen LogP contribution in [0.4, 0.5) is 40.3 Å². The summed E-state index contributed by atoms with van der Waals surface area (Å²) in [6.07, 6.45) is 6.03. The fraction of sp³-hybridized carbons (Fsp3) is 0.312. The molecule has 0 radical (unpaired) electrons. The van der Waals surface area contributed by atoms with Crippen molar-refractivity contribution in [3.8, 4) is 22.3 Å². The number of amidine groups is 3. The Morgan fingerprint density at radius 1 is 0.710 bits per heavy atom. The number of halogens is 4. The summed E-state index contributed by atoms with van der Waals surface area (Å²) >= 11 is 0. The van der Waals surface area contributed by atoms with Crippen molar-refractivity contribution in [3.63, 3.8) is 0 Å². The van der Waals surface area contributed by atoms with Crippen LogP contribution in [0, 0.1) is 53.3 Å². The van der Waals surface area contributed by atoms with Gasteiger partial charge in [0.15, 0.2) is 0 Å². The van der Waals surface area contributed by atoms with Gasteiger partial charge >= 0.3 is 0 Å². The lowest BCUT2D eigenvalue weighted by Gasteiger charge is -2.45. The summed E-state index contributed by atoms with van der Waals surface area (Å²) in [4.78, 5) is 3.32. The molecule has 6 aromatic rings. The van der Waals surface area contributed by atoms with Crippen LogP contribution in [0.5, 0.6) is 0 Å². The molecule has 8 rings (SSSR count). The first-order valence-corrected chi connectivity index (χ1v) is 20.7. The number of nitrogens with zero attached hydrogens (tertiary/aromatic N) is 4. The van der Waals surface area contributed by atoms with Crippen molar-refractivity contribution in [2.24, 2.45) is 0 Å². The Morgan fingerprint density at radius 3 is 1.77 bits per heavy atom. The number of hydrogen-bond acceptors (Lipinski definition) is 6. The monoisotopic (exact) mass is 845 g/mol. The number of nitrogens with one attached hydrogen (secondary N) is 5. The van der Waals surface area contributed by atoms with Crippen LogP contribution in [-0.4, -0.2) is 51.4 Å². The van der Waals surface area contributed by atoms with E-state index in [1.54, 1.807) is 67.6 Å². The molecule has 2 aliphatic heterocycles. The lowest BCUT2D eigenvalue weighted by Crippen LogP contribution is -2.55. The Kier molecular flexibility index (Phi) is 10.4. The summed E-state index contributed by atoms with van der Waals surface area (Å²) in [5.74, 6) is -1.74. The van der Waals surface area contributed by atoms with Gasteiger partial charge in [-0.3, -0.25) is 26.0 Å². The quantitative estimate of drug-likeness (QED) is 0.0593. The maximum atomic E-state index is 16.6. The first kappa shape index (κ1) is 42.3. The second-order valence-corrected chi connectivity index (χ2v) is 17.1. The largest absolute Gasteiger partial charge is 0.383 e. The maximum Gasteiger partial charge on any atom is 0.133 e. The molecule has 5 N–H and O–H groups in total. The molecule has 62 heavy (non-hydrogen) atoms. The van der Waals surface area contributed by atoms with Crippen LogP contribution in [-0.2, 0) is 11.3 Å². The van der Waals surface area contributed by atoms with Gasteiger partial charge in [-0.2, -0.15) is 0 Å². The van der Waals surface area contributed by atoms with Crippen LogP contribution < -0.4 is 20.4 Å². The van der Waals surface area contributed by atoms with E-state index in [1.807, 2.05) is 44.5 Å². The number of fused-ring (bicyclic) bond motifs is 4. The maximum absolute atomic E-state index is 16.6. The summed E-state index contributed by atoms with van der Waals surface area (Å²) in [5, 5.41) is 35.1. The van der Waals surface area contributed by atoms with Gasteiger partial charge in [0.25, 0.3) is 0 Å². The summed E-state index contributed by atoms with van der Waals surface area (Å²) < 4.78 is 73.3. The highest BCUT2D eigenvalue weighted by Gasteiger charge is 2.41. The van der Waals surface area contributed by atoms with Gasteiger partial charge in [0.2, 0.25) is 0 Å². The Balaban J connectivity index is 1.31. The van der Waals surface area contributed by atoms with Crippen LogP contribution in [0.3, 0.4) is 0 Å². The highest BCUT2D eigenvalue weighted by molar-refractivity contribution is 6.25. The van der Waals surface area contributed by atoms with E-state index in [1.165, 1.54) is 36.4 Å². The first-order chi connectivity index (χ1) is 29.3. The third-order valence-corrected chi connectivity index (χ3v) is 12.2. The molecule has 2 aromatic heterocycles. The fourth-order valence-corrected chi connectivity index (χ4v) is 9.17. The van der Waals surface area contributed by atoms with E-state index < -0.39 is 34.3 Å². The predicted molar refractivity (Wildman–Crippen MR) is 244 cm³/mol. The SMILES string of the molecule is CCC(=N)N1C(=N)C(C)(C)Nc2cc(F)c(-c3cc(F)cc4c3ccn4/C=C3/N(C(=N)CC)c4c(cc(F)c(-c5cc(F)cc6c5ccn6CCOC)c4C)NC3(C)C)c(C)c21. The summed E-state index contributed by atoms with van der Waals surface area (Å²) in [7, 11) is 1.59. The minimum atomic E-state index is -0.911. The molecule has 0 saturated carbocycles. The van der Waals surface area contributed by atoms with E-state index in [4.69, 9.17) is 15.6 Å². The topological polar surface area (TPSA) is 121 Å². The number of anilines is 4. The second kappa shape index (κ2) is 15.2. The van der Waals surface area contributed by atoms with Crippen LogP contribution in [0.1, 0.15) is 65.5 Å². The van der Waals surface area contributed by atoms with Gasteiger partial charge < -0.3 is 24.5 Å². The summed E-state index contributed by atoms with van der Waals surface area (Å²) in [6, 6.07) is 11.8. The highest BCUT2D eigenvalue weighted by Crippen LogP contribution is 2.49. The Hall–Kier alpha value is -6.41. The molecule has 0 amide bonds. The average molecular weight is 846 g/mol. The van der Waals surface area contributed by atoms with Gasteiger partial charge in [0.05, 0.1) is 57.2 Å². The van der Waals surface area contributed by atoms with Crippen molar-refractivity contribution in [2.45, 2.75) is 85.9 Å². The van der Waals surface area contributed by atoms with E-state index in [2.05, 4.69) is 10.6 Å². The van der Waals surface area contributed by atoms with Crippen LogP contribution in [0.15, 0.2) is 66.6 Å². The van der Waals surface area contributed by atoms with Crippen molar-refractivity contribution < 1.29 is 22.3 Å². The first-order valence-electron chi connectivity index (χ1n) is 20.7. The van der Waals surface area contributed by atoms with Crippen LogP contribution in [0.25, 0.3) is 50.3 Å². The van der Waals surface area contributed by atoms with Crippen molar-refractivity contribution >= 4 is 68.3 Å². The van der Waals surface area contributed by atoms with E-state index in [9.17, 15) is 5.41 Å². The van der Waals surface area contributed by atoms with E-state index in [0.29, 0.717) is 98.5 Å². The van der Waals surface area contributed by atoms with E-state index >= 15 is 17.6 Å². The number of rotatable bonds is 8. The minimum Gasteiger partial charge on any atom is -0.383 e. The third kappa shape index (κ3) is 6.62. The molecular weight excluding hydrogens is 795 g/mol. The minimum absolute atomic E-state index is 0.138. The second-order valence-electron chi connectivity index (χ2n) is 17.1. The number of hydrogen-bond donors (Lipinski definition) is 5. The molecule has 2 aliphatic rings. The van der Waals surface area contributed by atoms with Gasteiger partial charge in [0.1, 0.15) is 40.8 Å². The lowest BCUT2D eigenvalue weighted by atomic mass is 9.89. The predicted octanol–water partition coefficient (Wildman–Crippen LogP) is 12.0. The molecule has 4 aromatic carbocycles. The van der Waals surface area contributed by atoms with Gasteiger partial charge in [-0.15, -0.1) is 0 Å².